The largest absolute Gasteiger partial charge is 0.456 e. The Bertz CT molecular complexity index is 1080. The van der Waals surface area contributed by atoms with E-state index in [0.717, 1.165) is 39.3 Å². The molecule has 29 heavy (non-hydrogen) atoms. The summed E-state index contributed by atoms with van der Waals surface area (Å²) in [5.74, 6) is 1.57. The number of para-hydroxylation sites is 1. The Morgan fingerprint density at radius 2 is 1.69 bits per heavy atom. The molecular formula is C25H30N2O2. The van der Waals surface area contributed by atoms with Crippen molar-refractivity contribution in [2.45, 2.75) is 41.0 Å². The van der Waals surface area contributed by atoms with E-state index in [9.17, 15) is 4.79 Å². The molecule has 1 aromatic heterocycles. The van der Waals surface area contributed by atoms with Crippen LogP contribution >= 0.6 is 0 Å². The normalized spacial score (nSPS) is 11.5. The zero-order valence-corrected chi connectivity index (χ0v) is 18.2. The SMILES string of the molecule is Cc1cccc(C)c1Oc1ccc(N)cc1-c1cc(CC(C)(C)C)c(=O)n(C)c1. The Morgan fingerprint density at radius 1 is 1.03 bits per heavy atom. The average molecular weight is 391 g/mol. The van der Waals surface area contributed by atoms with Gasteiger partial charge in [-0.1, -0.05) is 39.0 Å². The molecule has 0 saturated carbocycles. The molecule has 1 heterocycles. The Hall–Kier alpha value is -3.01. The zero-order valence-electron chi connectivity index (χ0n) is 18.2. The van der Waals surface area contributed by atoms with Gasteiger partial charge in [0, 0.05) is 35.6 Å². The molecule has 2 N–H and O–H groups in total. The van der Waals surface area contributed by atoms with Crippen molar-refractivity contribution >= 4 is 5.69 Å². The predicted octanol–water partition coefficient (Wildman–Crippen LogP) is 5.63. The minimum Gasteiger partial charge on any atom is -0.456 e. The number of rotatable bonds is 4. The standard InChI is InChI=1S/C25H30N2O2/c1-16-8-7-9-17(2)23(16)29-22-11-10-20(26)13-21(22)19-12-18(14-25(3,4)5)24(28)27(6)15-19/h7-13,15H,14,26H2,1-6H3. The number of ether oxygens (including phenoxy) is 1. The Balaban J connectivity index is 2.14. The number of aromatic nitrogens is 1. The second-order valence-corrected chi connectivity index (χ2v) is 8.99. The topological polar surface area (TPSA) is 57.2 Å². The molecule has 0 saturated heterocycles. The molecule has 0 fully saturated rings. The van der Waals surface area contributed by atoms with Crippen molar-refractivity contribution in [1.82, 2.24) is 4.57 Å². The first kappa shape index (κ1) is 20.7. The summed E-state index contributed by atoms with van der Waals surface area (Å²) in [6.07, 6.45) is 2.55. The van der Waals surface area contributed by atoms with Gasteiger partial charge >= 0.3 is 0 Å². The van der Waals surface area contributed by atoms with Gasteiger partial charge in [0.2, 0.25) is 0 Å². The van der Waals surface area contributed by atoms with E-state index in [2.05, 4.69) is 20.8 Å². The van der Waals surface area contributed by atoms with Crippen molar-refractivity contribution in [3.05, 3.63) is 75.7 Å². The van der Waals surface area contributed by atoms with Crippen molar-refractivity contribution in [2.75, 3.05) is 5.73 Å². The molecule has 0 unspecified atom stereocenters. The molecule has 4 nitrogen and oxygen atoms in total. The number of nitrogens with zero attached hydrogens (tertiary/aromatic N) is 1. The monoisotopic (exact) mass is 390 g/mol. The smallest absolute Gasteiger partial charge is 0.253 e. The second kappa shape index (κ2) is 7.78. The summed E-state index contributed by atoms with van der Waals surface area (Å²) in [7, 11) is 1.79. The van der Waals surface area contributed by atoms with E-state index in [4.69, 9.17) is 10.5 Å². The first-order valence-electron chi connectivity index (χ1n) is 9.89. The molecule has 152 valence electrons. The van der Waals surface area contributed by atoms with Crippen LogP contribution in [0.3, 0.4) is 0 Å². The molecule has 0 spiro atoms. The van der Waals surface area contributed by atoms with Crippen LogP contribution in [0.25, 0.3) is 11.1 Å². The van der Waals surface area contributed by atoms with Crippen LogP contribution in [-0.4, -0.2) is 4.57 Å². The molecule has 0 radical (unpaired) electrons. The summed E-state index contributed by atoms with van der Waals surface area (Å²) < 4.78 is 7.99. The summed E-state index contributed by atoms with van der Waals surface area (Å²) >= 11 is 0. The predicted molar refractivity (Wildman–Crippen MR) is 121 cm³/mol. The van der Waals surface area contributed by atoms with E-state index in [1.165, 1.54) is 0 Å². The van der Waals surface area contributed by atoms with Crippen LogP contribution in [0.5, 0.6) is 11.5 Å². The molecule has 0 aliphatic heterocycles. The van der Waals surface area contributed by atoms with Crippen LogP contribution in [0.15, 0.2) is 53.5 Å². The van der Waals surface area contributed by atoms with E-state index < -0.39 is 0 Å². The van der Waals surface area contributed by atoms with Crippen LogP contribution in [0.2, 0.25) is 0 Å². The summed E-state index contributed by atoms with van der Waals surface area (Å²) in [5.41, 5.74) is 11.5. The average Bonchev–Trinajstić information content (AvgIpc) is 2.62. The Kier molecular flexibility index (Phi) is 5.56. The summed E-state index contributed by atoms with van der Waals surface area (Å²) in [6.45, 7) is 10.5. The van der Waals surface area contributed by atoms with Crippen molar-refractivity contribution in [3.8, 4) is 22.6 Å². The first-order chi connectivity index (χ1) is 13.5. The Labute approximate surface area is 173 Å². The zero-order chi connectivity index (χ0) is 21.3. The lowest BCUT2D eigenvalue weighted by molar-refractivity contribution is 0.408. The third-order valence-electron chi connectivity index (χ3n) is 4.91. The maximum atomic E-state index is 12.7. The van der Waals surface area contributed by atoms with Gasteiger partial charge in [-0.25, -0.2) is 0 Å². The molecule has 0 aliphatic carbocycles. The van der Waals surface area contributed by atoms with Crippen molar-refractivity contribution < 1.29 is 4.74 Å². The first-order valence-corrected chi connectivity index (χ1v) is 9.89. The molecule has 4 heteroatoms. The molecule has 2 aromatic carbocycles. The number of nitrogen functional groups attached to an aromatic ring is 1. The number of hydrogen-bond acceptors (Lipinski definition) is 3. The van der Waals surface area contributed by atoms with Gasteiger partial charge in [-0.2, -0.15) is 0 Å². The summed E-state index contributed by atoms with van der Waals surface area (Å²) in [4.78, 5) is 12.7. The fourth-order valence-corrected chi connectivity index (χ4v) is 3.56. The van der Waals surface area contributed by atoms with Crippen molar-refractivity contribution in [3.63, 3.8) is 0 Å². The molecular weight excluding hydrogens is 360 g/mol. The van der Waals surface area contributed by atoms with Crippen LogP contribution in [-0.2, 0) is 13.5 Å². The van der Waals surface area contributed by atoms with Crippen LogP contribution in [0, 0.1) is 19.3 Å². The molecule has 3 rings (SSSR count). The van der Waals surface area contributed by atoms with Crippen molar-refractivity contribution in [1.29, 1.82) is 0 Å². The third kappa shape index (κ3) is 4.70. The van der Waals surface area contributed by atoms with E-state index in [-0.39, 0.29) is 11.0 Å². The number of anilines is 1. The number of benzene rings is 2. The second-order valence-electron chi connectivity index (χ2n) is 8.99. The van der Waals surface area contributed by atoms with Gasteiger partial charge in [0.15, 0.2) is 0 Å². The lowest BCUT2D eigenvalue weighted by Crippen LogP contribution is -2.24. The number of nitrogens with two attached hydrogens (primary N) is 1. The van der Waals surface area contributed by atoms with Crippen LogP contribution in [0.1, 0.15) is 37.5 Å². The quantitative estimate of drug-likeness (QED) is 0.587. The highest BCUT2D eigenvalue weighted by molar-refractivity contribution is 5.74. The van der Waals surface area contributed by atoms with Crippen LogP contribution in [0.4, 0.5) is 5.69 Å². The van der Waals surface area contributed by atoms with E-state index in [1.54, 1.807) is 11.6 Å². The maximum absolute atomic E-state index is 12.7. The fraction of sp³-hybridized carbons (Fsp3) is 0.320. The van der Waals surface area contributed by atoms with Gasteiger partial charge in [0.1, 0.15) is 11.5 Å². The van der Waals surface area contributed by atoms with Gasteiger partial charge in [-0.05, 0) is 61.1 Å². The Morgan fingerprint density at radius 3 is 2.31 bits per heavy atom. The highest BCUT2D eigenvalue weighted by Gasteiger charge is 2.18. The van der Waals surface area contributed by atoms with E-state index >= 15 is 0 Å². The summed E-state index contributed by atoms with van der Waals surface area (Å²) in [6, 6.07) is 13.7. The lowest BCUT2D eigenvalue weighted by atomic mass is 9.88. The van der Waals surface area contributed by atoms with Crippen molar-refractivity contribution in [2.24, 2.45) is 12.5 Å². The molecule has 3 aromatic rings. The van der Waals surface area contributed by atoms with Gasteiger partial charge in [0.25, 0.3) is 5.56 Å². The highest BCUT2D eigenvalue weighted by Crippen LogP contribution is 2.37. The minimum atomic E-state index is 0.0120. The van der Waals surface area contributed by atoms with Crippen LogP contribution < -0.4 is 16.0 Å². The van der Waals surface area contributed by atoms with Gasteiger partial charge in [-0.15, -0.1) is 0 Å². The molecule has 0 aliphatic rings. The lowest BCUT2D eigenvalue weighted by Gasteiger charge is -2.20. The number of aryl methyl sites for hydroxylation is 3. The number of pyridine rings is 1. The van der Waals surface area contributed by atoms with Gasteiger partial charge < -0.3 is 15.0 Å². The van der Waals surface area contributed by atoms with E-state index in [0.29, 0.717) is 12.1 Å². The number of hydrogen-bond donors (Lipinski definition) is 1. The van der Waals surface area contributed by atoms with Gasteiger partial charge in [0.05, 0.1) is 0 Å². The van der Waals surface area contributed by atoms with Gasteiger partial charge in [-0.3, -0.25) is 4.79 Å². The van der Waals surface area contributed by atoms with E-state index in [1.807, 2.05) is 62.5 Å². The molecule has 0 amide bonds. The molecule has 0 bridgehead atoms. The summed E-state index contributed by atoms with van der Waals surface area (Å²) in [5, 5.41) is 0. The molecule has 0 atom stereocenters. The highest BCUT2D eigenvalue weighted by atomic mass is 16.5. The maximum Gasteiger partial charge on any atom is 0.253 e. The minimum absolute atomic E-state index is 0.0120. The fourth-order valence-electron chi connectivity index (χ4n) is 3.56. The third-order valence-corrected chi connectivity index (χ3v) is 4.91.